The summed E-state index contributed by atoms with van der Waals surface area (Å²) >= 11 is 0. The number of hydrogen-bond acceptors (Lipinski definition) is 4. The van der Waals surface area contributed by atoms with E-state index >= 15 is 0 Å². The molecule has 0 spiro atoms. The summed E-state index contributed by atoms with van der Waals surface area (Å²) in [4.78, 5) is 2.35. The van der Waals surface area contributed by atoms with Crippen LogP contribution in [0, 0.1) is 0 Å². The van der Waals surface area contributed by atoms with Crippen molar-refractivity contribution in [1.82, 2.24) is 5.32 Å². The number of ether oxygens (including phenoxy) is 2. The quantitative estimate of drug-likeness (QED) is 0.658. The fourth-order valence-electron chi connectivity index (χ4n) is 1.94. The summed E-state index contributed by atoms with van der Waals surface area (Å²) < 4.78 is 10.2. The number of nitrogens with zero attached hydrogens (tertiary/aromatic N) is 1. The molecule has 1 N–H and O–H groups in total. The molecule has 0 unspecified atom stereocenters. The van der Waals surface area contributed by atoms with E-state index in [2.05, 4.69) is 29.3 Å². The summed E-state index contributed by atoms with van der Waals surface area (Å²) in [6.07, 6.45) is 1.06. The van der Waals surface area contributed by atoms with Gasteiger partial charge in [-0.25, -0.2) is 0 Å². The predicted octanol–water partition coefficient (Wildman–Crippen LogP) is 2.15. The average molecular weight is 266 g/mol. The summed E-state index contributed by atoms with van der Waals surface area (Å²) in [7, 11) is 3.43. The first-order valence-corrected chi connectivity index (χ1v) is 6.90. The van der Waals surface area contributed by atoms with E-state index in [9.17, 15) is 0 Å². The van der Waals surface area contributed by atoms with Gasteiger partial charge in [-0.15, -0.1) is 0 Å². The minimum absolute atomic E-state index is 0.822. The van der Waals surface area contributed by atoms with Crippen LogP contribution in [-0.4, -0.2) is 47.0 Å². The lowest BCUT2D eigenvalue weighted by Gasteiger charge is -2.23. The number of likely N-dealkylation sites (N-methyl/N-ethyl adjacent to an activating group) is 1. The maximum absolute atomic E-state index is 5.18. The fourth-order valence-corrected chi connectivity index (χ4v) is 1.94. The molecule has 0 fully saturated rings. The highest BCUT2D eigenvalue weighted by atomic mass is 16.5. The highest BCUT2D eigenvalue weighted by Crippen LogP contribution is 2.18. The van der Waals surface area contributed by atoms with Crippen LogP contribution in [0.2, 0.25) is 0 Å². The van der Waals surface area contributed by atoms with Crippen LogP contribution in [0.4, 0.5) is 5.69 Å². The number of benzene rings is 1. The molecule has 4 heteroatoms. The maximum Gasteiger partial charge on any atom is 0.119 e. The van der Waals surface area contributed by atoms with E-state index in [0.717, 1.165) is 45.0 Å². The molecule has 0 bridgehead atoms. The van der Waals surface area contributed by atoms with Gasteiger partial charge in [0.2, 0.25) is 0 Å². The number of rotatable bonds is 10. The molecule has 1 aromatic carbocycles. The van der Waals surface area contributed by atoms with Gasteiger partial charge in [0.15, 0.2) is 0 Å². The Hall–Kier alpha value is -1.26. The minimum Gasteiger partial charge on any atom is -0.497 e. The molecule has 0 atom stereocenters. The molecule has 0 saturated carbocycles. The normalized spacial score (nSPS) is 10.5. The molecule has 1 rings (SSSR count). The van der Waals surface area contributed by atoms with Gasteiger partial charge in [0.05, 0.1) is 7.11 Å². The van der Waals surface area contributed by atoms with Crippen molar-refractivity contribution in [2.24, 2.45) is 0 Å². The topological polar surface area (TPSA) is 33.7 Å². The van der Waals surface area contributed by atoms with E-state index in [-0.39, 0.29) is 0 Å². The summed E-state index contributed by atoms with van der Waals surface area (Å²) in [5.74, 6) is 0.900. The number of methoxy groups -OCH3 is 2. The lowest BCUT2D eigenvalue weighted by molar-refractivity contribution is 0.194. The number of hydrogen-bond donors (Lipinski definition) is 1. The zero-order valence-electron chi connectivity index (χ0n) is 12.3. The van der Waals surface area contributed by atoms with Crippen molar-refractivity contribution < 1.29 is 9.47 Å². The van der Waals surface area contributed by atoms with Gasteiger partial charge in [0.25, 0.3) is 0 Å². The van der Waals surface area contributed by atoms with Gasteiger partial charge in [-0.05, 0) is 44.2 Å². The predicted molar refractivity (Wildman–Crippen MR) is 80.2 cm³/mol. The zero-order valence-corrected chi connectivity index (χ0v) is 12.3. The summed E-state index contributed by atoms with van der Waals surface area (Å²) in [6, 6.07) is 8.22. The summed E-state index contributed by atoms with van der Waals surface area (Å²) in [5.41, 5.74) is 1.24. The molecular formula is C15H26N2O2. The minimum atomic E-state index is 0.822. The van der Waals surface area contributed by atoms with Crippen LogP contribution in [0.25, 0.3) is 0 Å². The number of anilines is 1. The van der Waals surface area contributed by atoms with E-state index in [1.165, 1.54) is 5.69 Å². The number of nitrogens with one attached hydrogen (secondary N) is 1. The molecule has 0 aliphatic carbocycles. The Labute approximate surface area is 116 Å². The van der Waals surface area contributed by atoms with E-state index in [4.69, 9.17) is 9.47 Å². The van der Waals surface area contributed by atoms with Crippen molar-refractivity contribution in [3.8, 4) is 5.75 Å². The molecule has 19 heavy (non-hydrogen) atoms. The highest BCUT2D eigenvalue weighted by molar-refractivity contribution is 5.48. The van der Waals surface area contributed by atoms with Gasteiger partial charge < -0.3 is 19.7 Å². The van der Waals surface area contributed by atoms with E-state index in [0.29, 0.717) is 0 Å². The van der Waals surface area contributed by atoms with Crippen LogP contribution >= 0.6 is 0 Å². The van der Waals surface area contributed by atoms with Crippen molar-refractivity contribution in [2.75, 3.05) is 51.9 Å². The van der Waals surface area contributed by atoms with Crippen LogP contribution in [0.3, 0.4) is 0 Å². The molecule has 0 aliphatic rings. The average Bonchev–Trinajstić information content (AvgIpc) is 2.47. The Morgan fingerprint density at radius 3 is 2.42 bits per heavy atom. The molecule has 0 heterocycles. The Bertz CT molecular complexity index is 327. The van der Waals surface area contributed by atoms with Gasteiger partial charge in [-0.1, -0.05) is 0 Å². The van der Waals surface area contributed by atoms with Crippen molar-refractivity contribution >= 4 is 5.69 Å². The SMILES string of the molecule is CCN(CCNCCCOC)c1ccc(OC)cc1. The van der Waals surface area contributed by atoms with Crippen molar-refractivity contribution in [3.63, 3.8) is 0 Å². The molecule has 1 aromatic rings. The Balaban J connectivity index is 2.31. The second-order valence-corrected chi connectivity index (χ2v) is 4.37. The molecule has 108 valence electrons. The van der Waals surface area contributed by atoms with Crippen molar-refractivity contribution in [1.29, 1.82) is 0 Å². The fraction of sp³-hybridized carbons (Fsp3) is 0.600. The van der Waals surface area contributed by atoms with Crippen LogP contribution in [-0.2, 0) is 4.74 Å². The van der Waals surface area contributed by atoms with Gasteiger partial charge in [-0.2, -0.15) is 0 Å². The monoisotopic (exact) mass is 266 g/mol. The maximum atomic E-state index is 5.18. The Kier molecular flexibility index (Phi) is 8.02. The molecule has 0 aromatic heterocycles. The Morgan fingerprint density at radius 1 is 1.11 bits per heavy atom. The molecular weight excluding hydrogens is 240 g/mol. The third kappa shape index (κ3) is 5.94. The first-order valence-electron chi connectivity index (χ1n) is 6.90. The smallest absolute Gasteiger partial charge is 0.119 e. The van der Waals surface area contributed by atoms with E-state index in [1.54, 1.807) is 14.2 Å². The van der Waals surface area contributed by atoms with Crippen molar-refractivity contribution in [2.45, 2.75) is 13.3 Å². The highest BCUT2D eigenvalue weighted by Gasteiger charge is 2.03. The van der Waals surface area contributed by atoms with Crippen LogP contribution in [0.15, 0.2) is 24.3 Å². The lowest BCUT2D eigenvalue weighted by Crippen LogP contribution is -2.32. The molecule has 0 radical (unpaired) electrons. The second kappa shape index (κ2) is 9.64. The third-order valence-electron chi connectivity index (χ3n) is 3.08. The van der Waals surface area contributed by atoms with Crippen LogP contribution < -0.4 is 15.0 Å². The van der Waals surface area contributed by atoms with Crippen LogP contribution in [0.5, 0.6) is 5.75 Å². The van der Waals surface area contributed by atoms with E-state index in [1.807, 2.05) is 12.1 Å². The molecule has 0 aliphatic heterocycles. The van der Waals surface area contributed by atoms with Gasteiger partial charge >= 0.3 is 0 Å². The molecule has 0 saturated heterocycles. The van der Waals surface area contributed by atoms with Gasteiger partial charge in [0, 0.05) is 39.0 Å². The lowest BCUT2D eigenvalue weighted by atomic mass is 10.2. The van der Waals surface area contributed by atoms with Crippen LogP contribution in [0.1, 0.15) is 13.3 Å². The first-order chi connectivity index (χ1) is 9.31. The van der Waals surface area contributed by atoms with Gasteiger partial charge in [0.1, 0.15) is 5.75 Å². The van der Waals surface area contributed by atoms with Crippen molar-refractivity contribution in [3.05, 3.63) is 24.3 Å². The third-order valence-corrected chi connectivity index (χ3v) is 3.08. The Morgan fingerprint density at radius 2 is 1.84 bits per heavy atom. The van der Waals surface area contributed by atoms with Gasteiger partial charge in [-0.3, -0.25) is 0 Å². The standard InChI is InChI=1S/C15H26N2O2/c1-4-17(12-11-16-10-5-13-18-2)14-6-8-15(19-3)9-7-14/h6-9,16H,4-5,10-13H2,1-3H3. The summed E-state index contributed by atoms with van der Waals surface area (Å²) in [6.45, 7) is 7.01. The first kappa shape index (κ1) is 15.8. The molecule has 4 nitrogen and oxygen atoms in total. The molecule has 0 amide bonds. The largest absolute Gasteiger partial charge is 0.497 e. The second-order valence-electron chi connectivity index (χ2n) is 4.37. The summed E-state index contributed by atoms with van der Waals surface area (Å²) in [5, 5.41) is 3.43. The van der Waals surface area contributed by atoms with E-state index < -0.39 is 0 Å². The zero-order chi connectivity index (χ0) is 13.9.